The minimum atomic E-state index is -0.687. The highest BCUT2D eigenvalue weighted by molar-refractivity contribution is 7.13. The lowest BCUT2D eigenvalue weighted by atomic mass is 9.98. The Morgan fingerprint density at radius 1 is 1.20 bits per heavy atom. The molecule has 5 nitrogen and oxygen atoms in total. The van der Waals surface area contributed by atoms with Crippen molar-refractivity contribution in [2.24, 2.45) is 11.7 Å². The lowest BCUT2D eigenvalue weighted by molar-refractivity contribution is -0.120. The number of amides is 2. The number of primary amides is 1. The molecule has 1 aromatic carbocycles. The molecule has 0 bridgehead atoms. The number of thiazole rings is 1. The Kier molecular flexibility index (Phi) is 6.31. The van der Waals surface area contributed by atoms with E-state index >= 15 is 0 Å². The minimum Gasteiger partial charge on any atom is -0.368 e. The molecule has 2 rings (SSSR count). The Hall–Kier alpha value is -2.21. The second-order valence-corrected chi connectivity index (χ2v) is 7.41. The van der Waals surface area contributed by atoms with Crippen molar-refractivity contribution in [1.82, 2.24) is 10.3 Å². The number of hydrogen-bond acceptors (Lipinski definition) is 4. The zero-order valence-corrected chi connectivity index (χ0v) is 15.9. The molecule has 0 spiro atoms. The number of hydrogen-bond donors (Lipinski definition) is 2. The van der Waals surface area contributed by atoms with Crippen LogP contribution >= 0.6 is 11.3 Å². The van der Waals surface area contributed by atoms with Crippen LogP contribution < -0.4 is 11.1 Å². The van der Waals surface area contributed by atoms with Gasteiger partial charge in [0.25, 0.3) is 5.91 Å². The second kappa shape index (κ2) is 8.25. The van der Waals surface area contributed by atoms with Gasteiger partial charge < -0.3 is 11.1 Å². The molecule has 0 aliphatic rings. The average molecular weight is 359 g/mol. The number of nitrogens with one attached hydrogen (secondary N) is 1. The van der Waals surface area contributed by atoms with Crippen molar-refractivity contribution in [1.29, 1.82) is 0 Å². The standard InChI is InChI=1S/C19H25N3O2S/c1-5-12(4)16(17(20)23)22-18(24)15-10-25-19(21-15)14-8-6-13(7-9-14)11(2)3/h6-12,16H,5H2,1-4H3,(H2,20,23)(H,22,24). The van der Waals surface area contributed by atoms with Crippen molar-refractivity contribution < 1.29 is 9.59 Å². The van der Waals surface area contributed by atoms with E-state index in [-0.39, 0.29) is 11.8 Å². The van der Waals surface area contributed by atoms with Crippen LogP contribution in [0.2, 0.25) is 0 Å². The van der Waals surface area contributed by atoms with E-state index < -0.39 is 11.9 Å². The van der Waals surface area contributed by atoms with Crippen LogP contribution in [0.1, 0.15) is 56.1 Å². The molecular formula is C19H25N3O2S. The molecule has 2 unspecified atom stereocenters. The molecule has 6 heteroatoms. The molecule has 25 heavy (non-hydrogen) atoms. The monoisotopic (exact) mass is 359 g/mol. The summed E-state index contributed by atoms with van der Waals surface area (Å²) in [5.41, 5.74) is 7.94. The van der Waals surface area contributed by atoms with E-state index in [4.69, 9.17) is 5.73 Å². The number of nitrogens with two attached hydrogens (primary N) is 1. The number of benzene rings is 1. The molecule has 2 amide bonds. The average Bonchev–Trinajstić information content (AvgIpc) is 3.08. The maximum atomic E-state index is 12.4. The van der Waals surface area contributed by atoms with Crippen LogP contribution in [0.4, 0.5) is 0 Å². The first kappa shape index (κ1) is 19.1. The Bertz CT molecular complexity index is 737. The maximum Gasteiger partial charge on any atom is 0.271 e. The zero-order valence-electron chi connectivity index (χ0n) is 15.1. The third-order valence-corrected chi connectivity index (χ3v) is 5.26. The third kappa shape index (κ3) is 4.66. The summed E-state index contributed by atoms with van der Waals surface area (Å²) in [6.07, 6.45) is 0.748. The third-order valence-electron chi connectivity index (χ3n) is 4.37. The molecule has 134 valence electrons. The van der Waals surface area contributed by atoms with Crippen LogP contribution in [0, 0.1) is 5.92 Å². The smallest absolute Gasteiger partial charge is 0.271 e. The predicted octanol–water partition coefficient (Wildman–Crippen LogP) is 3.56. The fourth-order valence-electron chi connectivity index (χ4n) is 2.47. The van der Waals surface area contributed by atoms with Gasteiger partial charge in [0, 0.05) is 10.9 Å². The normalized spacial score (nSPS) is 13.5. The summed E-state index contributed by atoms with van der Waals surface area (Å²) in [6, 6.07) is 7.50. The van der Waals surface area contributed by atoms with Crippen LogP contribution in [0.5, 0.6) is 0 Å². The van der Waals surface area contributed by atoms with Crippen LogP contribution in [0.3, 0.4) is 0 Å². The van der Waals surface area contributed by atoms with E-state index in [2.05, 4.69) is 36.3 Å². The fourth-order valence-corrected chi connectivity index (χ4v) is 3.27. The van der Waals surface area contributed by atoms with E-state index in [1.54, 1.807) is 5.38 Å². The zero-order chi connectivity index (χ0) is 18.6. The summed E-state index contributed by atoms with van der Waals surface area (Å²) in [7, 11) is 0. The van der Waals surface area contributed by atoms with Gasteiger partial charge in [-0.3, -0.25) is 9.59 Å². The van der Waals surface area contributed by atoms with Gasteiger partial charge in [0.1, 0.15) is 16.7 Å². The molecule has 2 aromatic rings. The molecule has 3 N–H and O–H groups in total. The number of rotatable bonds is 7. The quantitative estimate of drug-likeness (QED) is 0.792. The minimum absolute atomic E-state index is 0.0249. The molecule has 0 fully saturated rings. The van der Waals surface area contributed by atoms with Gasteiger partial charge >= 0.3 is 0 Å². The van der Waals surface area contributed by atoms with Gasteiger partial charge in [0.15, 0.2) is 0 Å². The van der Waals surface area contributed by atoms with Gasteiger partial charge in [-0.05, 0) is 17.4 Å². The summed E-state index contributed by atoms with van der Waals surface area (Å²) in [6.45, 7) is 8.13. The number of aromatic nitrogens is 1. The predicted molar refractivity (Wildman–Crippen MR) is 102 cm³/mol. The molecular weight excluding hydrogens is 334 g/mol. The van der Waals surface area contributed by atoms with Crippen molar-refractivity contribution in [3.8, 4) is 10.6 Å². The molecule has 0 saturated heterocycles. The van der Waals surface area contributed by atoms with E-state index in [1.165, 1.54) is 16.9 Å². The summed E-state index contributed by atoms with van der Waals surface area (Å²) < 4.78 is 0. The SMILES string of the molecule is CCC(C)C(NC(=O)c1csc(-c2ccc(C(C)C)cc2)n1)C(N)=O. The van der Waals surface area contributed by atoms with Gasteiger partial charge in [-0.25, -0.2) is 4.98 Å². The second-order valence-electron chi connectivity index (χ2n) is 6.55. The number of carbonyl (C=O) groups is 2. The molecule has 1 aromatic heterocycles. The van der Waals surface area contributed by atoms with Crippen LogP contribution in [0.25, 0.3) is 10.6 Å². The first-order valence-corrected chi connectivity index (χ1v) is 9.37. The first-order valence-electron chi connectivity index (χ1n) is 8.49. The van der Waals surface area contributed by atoms with Gasteiger partial charge in [-0.2, -0.15) is 0 Å². The highest BCUT2D eigenvalue weighted by Gasteiger charge is 2.25. The van der Waals surface area contributed by atoms with Crippen molar-refractivity contribution in [3.63, 3.8) is 0 Å². The molecule has 2 atom stereocenters. The lowest BCUT2D eigenvalue weighted by Gasteiger charge is -2.20. The Balaban J connectivity index is 2.14. The Labute approximate surface area is 152 Å². The van der Waals surface area contributed by atoms with Crippen molar-refractivity contribution in [2.75, 3.05) is 0 Å². The van der Waals surface area contributed by atoms with Crippen molar-refractivity contribution in [2.45, 2.75) is 46.1 Å². The summed E-state index contributed by atoms with van der Waals surface area (Å²) >= 11 is 1.41. The van der Waals surface area contributed by atoms with E-state index in [0.29, 0.717) is 11.6 Å². The summed E-state index contributed by atoms with van der Waals surface area (Å²) in [5.74, 6) is -0.450. The van der Waals surface area contributed by atoms with E-state index in [9.17, 15) is 9.59 Å². The Morgan fingerprint density at radius 3 is 2.36 bits per heavy atom. The van der Waals surface area contributed by atoms with E-state index in [1.807, 2.05) is 26.0 Å². The van der Waals surface area contributed by atoms with Gasteiger partial charge in [0.05, 0.1) is 0 Å². The van der Waals surface area contributed by atoms with Crippen LogP contribution in [0.15, 0.2) is 29.6 Å². The van der Waals surface area contributed by atoms with Crippen LogP contribution in [-0.4, -0.2) is 22.8 Å². The lowest BCUT2D eigenvalue weighted by Crippen LogP contribution is -2.48. The topological polar surface area (TPSA) is 85.1 Å². The van der Waals surface area contributed by atoms with E-state index in [0.717, 1.165) is 17.0 Å². The highest BCUT2D eigenvalue weighted by atomic mass is 32.1. The number of carbonyl (C=O) groups excluding carboxylic acids is 2. The highest BCUT2D eigenvalue weighted by Crippen LogP contribution is 2.26. The fraction of sp³-hybridized carbons (Fsp3) is 0.421. The van der Waals surface area contributed by atoms with Gasteiger partial charge in [-0.15, -0.1) is 11.3 Å². The van der Waals surface area contributed by atoms with Crippen LogP contribution in [-0.2, 0) is 4.79 Å². The summed E-state index contributed by atoms with van der Waals surface area (Å²) in [5, 5.41) is 5.18. The van der Waals surface area contributed by atoms with Gasteiger partial charge in [-0.1, -0.05) is 58.4 Å². The number of nitrogens with zero attached hydrogens (tertiary/aromatic N) is 1. The maximum absolute atomic E-state index is 12.4. The molecule has 0 aliphatic carbocycles. The van der Waals surface area contributed by atoms with Crippen molar-refractivity contribution in [3.05, 3.63) is 40.9 Å². The molecule has 0 radical (unpaired) electrons. The molecule has 0 saturated carbocycles. The molecule has 0 aliphatic heterocycles. The summed E-state index contributed by atoms with van der Waals surface area (Å²) in [4.78, 5) is 28.4. The largest absolute Gasteiger partial charge is 0.368 e. The first-order chi connectivity index (χ1) is 11.8. The van der Waals surface area contributed by atoms with Gasteiger partial charge in [0.2, 0.25) is 5.91 Å². The van der Waals surface area contributed by atoms with Crippen molar-refractivity contribution >= 4 is 23.2 Å². The molecule has 1 heterocycles. The Morgan fingerprint density at radius 2 is 1.84 bits per heavy atom.